The van der Waals surface area contributed by atoms with E-state index < -0.39 is 0 Å². The highest BCUT2D eigenvalue weighted by Gasteiger charge is 2.40. The second kappa shape index (κ2) is 5.50. The summed E-state index contributed by atoms with van der Waals surface area (Å²) < 4.78 is 1.72. The fraction of sp³-hybridized carbons (Fsp3) is 0.0556. The summed E-state index contributed by atoms with van der Waals surface area (Å²) in [5.41, 5.74) is 2.62. The summed E-state index contributed by atoms with van der Waals surface area (Å²) in [7, 11) is 0. The molecule has 0 bridgehead atoms. The molecule has 1 aliphatic rings. The van der Waals surface area contributed by atoms with E-state index in [9.17, 15) is 9.59 Å². The molecule has 2 heterocycles. The molecule has 0 atom stereocenters. The molecule has 0 radical (unpaired) electrons. The van der Waals surface area contributed by atoms with Gasteiger partial charge in [-0.15, -0.1) is 0 Å². The van der Waals surface area contributed by atoms with Gasteiger partial charge in [-0.1, -0.05) is 31.9 Å². The summed E-state index contributed by atoms with van der Waals surface area (Å²) in [4.78, 5) is 31.6. The van der Waals surface area contributed by atoms with Crippen LogP contribution in [0.15, 0.2) is 51.4 Å². The first-order valence-corrected chi connectivity index (χ1v) is 8.80. The lowest BCUT2D eigenvalue weighted by atomic mass is 10.0. The van der Waals surface area contributed by atoms with Crippen molar-refractivity contribution in [3.8, 4) is 0 Å². The van der Waals surface area contributed by atoms with E-state index in [4.69, 9.17) is 0 Å². The maximum atomic E-state index is 13.0. The van der Waals surface area contributed by atoms with Crippen LogP contribution in [0.5, 0.6) is 0 Å². The molecule has 118 valence electrons. The Hall–Kier alpha value is -2.05. The number of nitrogens with zero attached hydrogens (tertiary/aromatic N) is 2. The topological polar surface area (TPSA) is 50.3 Å². The molecule has 0 saturated carbocycles. The van der Waals surface area contributed by atoms with Crippen LogP contribution in [-0.4, -0.2) is 16.8 Å². The highest BCUT2D eigenvalue weighted by molar-refractivity contribution is 9.10. The first kappa shape index (κ1) is 15.5. The molecule has 0 fully saturated rings. The molecule has 6 heteroatoms. The van der Waals surface area contributed by atoms with Crippen molar-refractivity contribution in [2.24, 2.45) is 0 Å². The number of imide groups is 1. The third kappa shape index (κ3) is 2.21. The number of pyridine rings is 1. The van der Waals surface area contributed by atoms with Crippen molar-refractivity contribution in [3.05, 3.63) is 68.2 Å². The SMILES string of the molecule is Cc1nc2ccc(Br)cc2c2c1C(=O)N(c1ccc(Br)cc1)C2=O. The summed E-state index contributed by atoms with van der Waals surface area (Å²) >= 11 is 6.78. The van der Waals surface area contributed by atoms with Gasteiger partial charge in [-0.05, 0) is 49.4 Å². The summed E-state index contributed by atoms with van der Waals surface area (Å²) in [6, 6.07) is 12.6. The van der Waals surface area contributed by atoms with Gasteiger partial charge in [0.25, 0.3) is 11.8 Å². The van der Waals surface area contributed by atoms with Crippen molar-refractivity contribution in [2.45, 2.75) is 6.92 Å². The van der Waals surface area contributed by atoms with Gasteiger partial charge in [0, 0.05) is 14.3 Å². The lowest BCUT2D eigenvalue weighted by molar-refractivity contribution is 0.0926. The van der Waals surface area contributed by atoms with Crippen LogP contribution in [0.2, 0.25) is 0 Å². The van der Waals surface area contributed by atoms with Crippen LogP contribution in [0.3, 0.4) is 0 Å². The summed E-state index contributed by atoms with van der Waals surface area (Å²) in [6.07, 6.45) is 0. The molecular weight excluding hydrogens is 436 g/mol. The molecule has 0 spiro atoms. The molecule has 24 heavy (non-hydrogen) atoms. The maximum Gasteiger partial charge on any atom is 0.268 e. The van der Waals surface area contributed by atoms with Crippen molar-refractivity contribution in [3.63, 3.8) is 0 Å². The number of aromatic nitrogens is 1. The number of anilines is 1. The maximum absolute atomic E-state index is 13.0. The number of carbonyl (C=O) groups excluding carboxylic acids is 2. The van der Waals surface area contributed by atoms with Crippen molar-refractivity contribution >= 4 is 60.3 Å². The molecule has 0 saturated heterocycles. The normalized spacial score (nSPS) is 13.7. The zero-order chi connectivity index (χ0) is 17.0. The number of aryl methyl sites for hydroxylation is 1. The van der Waals surface area contributed by atoms with Crippen molar-refractivity contribution in [1.29, 1.82) is 0 Å². The van der Waals surface area contributed by atoms with Crippen LogP contribution in [0.1, 0.15) is 26.4 Å². The number of benzene rings is 2. The zero-order valence-electron chi connectivity index (χ0n) is 12.5. The lowest BCUT2D eigenvalue weighted by Crippen LogP contribution is -2.29. The Labute approximate surface area is 154 Å². The van der Waals surface area contributed by atoms with E-state index in [1.807, 2.05) is 18.2 Å². The highest BCUT2D eigenvalue weighted by Crippen LogP contribution is 2.35. The monoisotopic (exact) mass is 444 g/mol. The summed E-state index contributed by atoms with van der Waals surface area (Å²) in [5.74, 6) is -0.643. The number of rotatable bonds is 1. The molecular formula is C18H10Br2N2O2. The number of fused-ring (bicyclic) bond motifs is 3. The number of amides is 2. The third-order valence-electron chi connectivity index (χ3n) is 4.05. The third-order valence-corrected chi connectivity index (χ3v) is 5.07. The largest absolute Gasteiger partial charge is 0.268 e. The molecule has 2 aromatic carbocycles. The zero-order valence-corrected chi connectivity index (χ0v) is 15.7. The number of hydrogen-bond acceptors (Lipinski definition) is 3. The standard InChI is InChI=1S/C18H10Br2N2O2/c1-9-15-16(13-8-11(20)4-7-14(13)21-9)18(24)22(17(15)23)12-5-2-10(19)3-6-12/h2-8H,1H3. The predicted octanol–water partition coefficient (Wildman–Crippen LogP) is 4.87. The van der Waals surface area contributed by atoms with Gasteiger partial charge >= 0.3 is 0 Å². The fourth-order valence-corrected chi connectivity index (χ4v) is 3.61. The number of halogens is 2. The van der Waals surface area contributed by atoms with E-state index in [-0.39, 0.29) is 11.8 Å². The Balaban J connectivity index is 1.98. The van der Waals surface area contributed by atoms with E-state index in [2.05, 4.69) is 36.8 Å². The lowest BCUT2D eigenvalue weighted by Gasteiger charge is -2.13. The summed E-state index contributed by atoms with van der Waals surface area (Å²) in [6.45, 7) is 1.76. The first-order valence-electron chi connectivity index (χ1n) is 7.21. The molecule has 0 unspecified atom stereocenters. The molecule has 2 amide bonds. The Kier molecular flexibility index (Phi) is 3.54. The Bertz CT molecular complexity index is 1030. The minimum Gasteiger partial charge on any atom is -0.268 e. The van der Waals surface area contributed by atoms with E-state index in [1.54, 1.807) is 31.2 Å². The smallest absolute Gasteiger partial charge is 0.268 e. The minimum atomic E-state index is -0.329. The molecule has 4 rings (SSSR count). The predicted molar refractivity (Wildman–Crippen MR) is 99.5 cm³/mol. The van der Waals surface area contributed by atoms with Crippen LogP contribution in [0.4, 0.5) is 5.69 Å². The van der Waals surface area contributed by atoms with E-state index in [1.165, 1.54) is 4.90 Å². The molecule has 1 aromatic heterocycles. The number of hydrogen-bond donors (Lipinski definition) is 0. The summed E-state index contributed by atoms with van der Waals surface area (Å²) in [5, 5.41) is 0.683. The molecule has 3 aromatic rings. The van der Waals surface area contributed by atoms with Crippen molar-refractivity contribution in [2.75, 3.05) is 4.90 Å². The Morgan fingerprint density at radius 2 is 1.50 bits per heavy atom. The van der Waals surface area contributed by atoms with Crippen LogP contribution < -0.4 is 4.90 Å². The fourth-order valence-electron chi connectivity index (χ4n) is 2.98. The van der Waals surface area contributed by atoms with E-state index >= 15 is 0 Å². The minimum absolute atomic E-state index is 0.314. The number of carbonyl (C=O) groups is 2. The second-order valence-corrected chi connectivity index (χ2v) is 7.36. The Morgan fingerprint density at radius 3 is 2.21 bits per heavy atom. The molecule has 0 N–H and O–H groups in total. The highest BCUT2D eigenvalue weighted by atomic mass is 79.9. The molecule has 4 nitrogen and oxygen atoms in total. The average molecular weight is 446 g/mol. The molecule has 1 aliphatic heterocycles. The quantitative estimate of drug-likeness (QED) is 0.502. The van der Waals surface area contributed by atoms with Gasteiger partial charge in [-0.3, -0.25) is 14.6 Å². The van der Waals surface area contributed by atoms with Crippen LogP contribution in [0, 0.1) is 6.92 Å². The van der Waals surface area contributed by atoms with E-state index in [0.717, 1.165) is 8.95 Å². The van der Waals surface area contributed by atoms with Gasteiger partial charge in [0.15, 0.2) is 0 Å². The second-order valence-electron chi connectivity index (χ2n) is 5.53. The van der Waals surface area contributed by atoms with Crippen molar-refractivity contribution in [1.82, 2.24) is 4.98 Å². The van der Waals surface area contributed by atoms with Gasteiger partial charge in [0.05, 0.1) is 28.0 Å². The average Bonchev–Trinajstić information content (AvgIpc) is 2.81. The van der Waals surface area contributed by atoms with Gasteiger partial charge in [-0.25, -0.2) is 4.90 Å². The Morgan fingerprint density at radius 1 is 0.875 bits per heavy atom. The van der Waals surface area contributed by atoms with Gasteiger partial charge < -0.3 is 0 Å². The van der Waals surface area contributed by atoms with Crippen LogP contribution in [-0.2, 0) is 0 Å². The van der Waals surface area contributed by atoms with Gasteiger partial charge in [-0.2, -0.15) is 0 Å². The van der Waals surface area contributed by atoms with Crippen molar-refractivity contribution < 1.29 is 9.59 Å². The van der Waals surface area contributed by atoms with E-state index in [0.29, 0.717) is 33.4 Å². The first-order chi connectivity index (χ1) is 11.5. The van der Waals surface area contributed by atoms with Gasteiger partial charge in [0.1, 0.15) is 0 Å². The van der Waals surface area contributed by atoms with Crippen LogP contribution >= 0.6 is 31.9 Å². The van der Waals surface area contributed by atoms with Crippen LogP contribution in [0.25, 0.3) is 10.9 Å². The molecule has 0 aliphatic carbocycles. The van der Waals surface area contributed by atoms with Gasteiger partial charge in [0.2, 0.25) is 0 Å².